The average Bonchev–Trinajstić information content (AvgIpc) is 2.33. The smallest absolute Gasteiger partial charge is 0.304 e. The highest BCUT2D eigenvalue weighted by atomic mass is 16.4. The molecule has 0 aromatic heterocycles. The third-order valence-corrected chi connectivity index (χ3v) is 2.79. The van der Waals surface area contributed by atoms with Crippen LogP contribution in [0, 0.1) is 0 Å². The number of carboxylic acids is 1. The number of amides is 1. The molecule has 0 fully saturated rings. The summed E-state index contributed by atoms with van der Waals surface area (Å²) in [5, 5.41) is 8.65. The van der Waals surface area contributed by atoms with E-state index >= 15 is 0 Å². The first-order chi connectivity index (χ1) is 8.54. The summed E-state index contributed by atoms with van der Waals surface area (Å²) in [6, 6.07) is 0. The van der Waals surface area contributed by atoms with Gasteiger partial charge < -0.3 is 10.0 Å². The van der Waals surface area contributed by atoms with Crippen molar-refractivity contribution in [3.8, 4) is 0 Å². The van der Waals surface area contributed by atoms with E-state index in [0.717, 1.165) is 25.9 Å². The number of carbonyl (C=O) groups is 2. The standard InChI is InChI=1S/C13H26N2O3/c1-4-8-15(9-5-2)12(16)11-14(6-3)10-7-13(17)18/h4-11H2,1-3H3,(H,17,18). The van der Waals surface area contributed by atoms with E-state index in [1.807, 2.05) is 16.7 Å². The molecule has 0 aliphatic rings. The van der Waals surface area contributed by atoms with E-state index in [-0.39, 0.29) is 12.3 Å². The number of likely N-dealkylation sites (N-methyl/N-ethyl adjacent to an activating group) is 1. The molecule has 0 bridgehead atoms. The largest absolute Gasteiger partial charge is 0.481 e. The maximum atomic E-state index is 12.1. The zero-order valence-corrected chi connectivity index (χ0v) is 11.8. The zero-order valence-electron chi connectivity index (χ0n) is 11.8. The van der Waals surface area contributed by atoms with Crippen LogP contribution in [-0.2, 0) is 9.59 Å². The Balaban J connectivity index is 4.24. The van der Waals surface area contributed by atoms with Crippen LogP contribution in [-0.4, -0.2) is 59.5 Å². The van der Waals surface area contributed by atoms with Gasteiger partial charge in [0, 0.05) is 19.6 Å². The normalized spacial score (nSPS) is 10.7. The fourth-order valence-electron chi connectivity index (χ4n) is 1.80. The van der Waals surface area contributed by atoms with Crippen molar-refractivity contribution in [2.75, 3.05) is 32.7 Å². The summed E-state index contributed by atoms with van der Waals surface area (Å²) in [5.41, 5.74) is 0. The van der Waals surface area contributed by atoms with Gasteiger partial charge in [-0.2, -0.15) is 0 Å². The summed E-state index contributed by atoms with van der Waals surface area (Å²) in [4.78, 5) is 26.3. The van der Waals surface area contributed by atoms with Gasteiger partial charge >= 0.3 is 5.97 Å². The lowest BCUT2D eigenvalue weighted by atomic mass is 10.3. The van der Waals surface area contributed by atoms with Crippen molar-refractivity contribution >= 4 is 11.9 Å². The van der Waals surface area contributed by atoms with E-state index in [0.29, 0.717) is 19.6 Å². The topological polar surface area (TPSA) is 60.9 Å². The minimum Gasteiger partial charge on any atom is -0.481 e. The second kappa shape index (κ2) is 9.88. The molecule has 0 radical (unpaired) electrons. The molecule has 0 aromatic carbocycles. The van der Waals surface area contributed by atoms with Crippen LogP contribution in [0.5, 0.6) is 0 Å². The molecule has 0 spiro atoms. The van der Waals surface area contributed by atoms with Gasteiger partial charge in [0.2, 0.25) is 5.91 Å². The van der Waals surface area contributed by atoms with Gasteiger partial charge in [0.1, 0.15) is 0 Å². The van der Waals surface area contributed by atoms with E-state index in [2.05, 4.69) is 13.8 Å². The highest BCUT2D eigenvalue weighted by molar-refractivity contribution is 5.78. The fourth-order valence-corrected chi connectivity index (χ4v) is 1.80. The Kier molecular flexibility index (Phi) is 9.28. The lowest BCUT2D eigenvalue weighted by Crippen LogP contribution is -2.41. The van der Waals surface area contributed by atoms with Gasteiger partial charge in [-0.05, 0) is 19.4 Å². The fraction of sp³-hybridized carbons (Fsp3) is 0.846. The van der Waals surface area contributed by atoms with Crippen LogP contribution in [0.4, 0.5) is 0 Å². The van der Waals surface area contributed by atoms with Gasteiger partial charge in [0.05, 0.1) is 13.0 Å². The number of aliphatic carboxylic acids is 1. The molecule has 5 nitrogen and oxygen atoms in total. The molecule has 0 rings (SSSR count). The van der Waals surface area contributed by atoms with E-state index in [1.165, 1.54) is 0 Å². The van der Waals surface area contributed by atoms with Crippen LogP contribution in [0.2, 0.25) is 0 Å². The number of hydrogen-bond acceptors (Lipinski definition) is 3. The zero-order chi connectivity index (χ0) is 14.0. The van der Waals surface area contributed by atoms with Crippen LogP contribution in [0.25, 0.3) is 0 Å². The number of carboxylic acid groups (broad SMARTS) is 1. The molecule has 0 atom stereocenters. The Hall–Kier alpha value is -1.10. The monoisotopic (exact) mass is 258 g/mol. The summed E-state index contributed by atoms with van der Waals surface area (Å²) in [7, 11) is 0. The minimum atomic E-state index is -0.820. The van der Waals surface area contributed by atoms with Gasteiger partial charge in [-0.25, -0.2) is 0 Å². The molecule has 0 saturated heterocycles. The second-order valence-electron chi connectivity index (χ2n) is 4.39. The van der Waals surface area contributed by atoms with E-state index in [9.17, 15) is 9.59 Å². The Morgan fingerprint density at radius 2 is 1.56 bits per heavy atom. The van der Waals surface area contributed by atoms with Crippen molar-refractivity contribution < 1.29 is 14.7 Å². The lowest BCUT2D eigenvalue weighted by Gasteiger charge is -2.26. The first kappa shape index (κ1) is 16.9. The van der Waals surface area contributed by atoms with Crippen molar-refractivity contribution in [2.45, 2.75) is 40.0 Å². The Morgan fingerprint density at radius 1 is 1.00 bits per heavy atom. The lowest BCUT2D eigenvalue weighted by molar-refractivity contribution is -0.138. The number of hydrogen-bond donors (Lipinski definition) is 1. The van der Waals surface area contributed by atoms with Crippen molar-refractivity contribution in [1.29, 1.82) is 0 Å². The maximum Gasteiger partial charge on any atom is 0.304 e. The molecule has 0 aliphatic heterocycles. The summed E-state index contributed by atoms with van der Waals surface area (Å²) >= 11 is 0. The highest BCUT2D eigenvalue weighted by Crippen LogP contribution is 1.99. The van der Waals surface area contributed by atoms with Crippen LogP contribution < -0.4 is 0 Å². The Morgan fingerprint density at radius 3 is 1.94 bits per heavy atom. The second-order valence-corrected chi connectivity index (χ2v) is 4.39. The molecule has 5 heteroatoms. The number of carbonyl (C=O) groups excluding carboxylic acids is 1. The summed E-state index contributed by atoms with van der Waals surface area (Å²) in [6.45, 7) is 9.07. The third kappa shape index (κ3) is 7.27. The van der Waals surface area contributed by atoms with Crippen LogP contribution in [0.3, 0.4) is 0 Å². The first-order valence-corrected chi connectivity index (χ1v) is 6.77. The van der Waals surface area contributed by atoms with Gasteiger partial charge in [0.15, 0.2) is 0 Å². The minimum absolute atomic E-state index is 0.0860. The van der Waals surface area contributed by atoms with Crippen LogP contribution in [0.15, 0.2) is 0 Å². The first-order valence-electron chi connectivity index (χ1n) is 6.77. The van der Waals surface area contributed by atoms with Gasteiger partial charge in [-0.3, -0.25) is 14.5 Å². The van der Waals surface area contributed by atoms with Gasteiger partial charge in [-0.15, -0.1) is 0 Å². The van der Waals surface area contributed by atoms with Crippen molar-refractivity contribution in [1.82, 2.24) is 9.80 Å². The molecule has 18 heavy (non-hydrogen) atoms. The quantitative estimate of drug-likeness (QED) is 0.644. The van der Waals surface area contributed by atoms with Gasteiger partial charge in [0.25, 0.3) is 0 Å². The third-order valence-electron chi connectivity index (χ3n) is 2.79. The number of rotatable bonds is 10. The SMILES string of the molecule is CCCN(CCC)C(=O)CN(CC)CCC(=O)O. The molecule has 0 aliphatic carbocycles. The average molecular weight is 258 g/mol. The van der Waals surface area contributed by atoms with Gasteiger partial charge in [-0.1, -0.05) is 20.8 Å². The molecule has 106 valence electrons. The van der Waals surface area contributed by atoms with Crippen molar-refractivity contribution in [3.63, 3.8) is 0 Å². The van der Waals surface area contributed by atoms with E-state index < -0.39 is 5.97 Å². The summed E-state index contributed by atoms with van der Waals surface area (Å²) < 4.78 is 0. The van der Waals surface area contributed by atoms with Crippen molar-refractivity contribution in [3.05, 3.63) is 0 Å². The molecule has 0 aromatic rings. The highest BCUT2D eigenvalue weighted by Gasteiger charge is 2.15. The molecular formula is C13H26N2O3. The Labute approximate surface area is 110 Å². The molecule has 0 heterocycles. The molecule has 1 amide bonds. The van der Waals surface area contributed by atoms with Crippen molar-refractivity contribution in [2.24, 2.45) is 0 Å². The van der Waals surface area contributed by atoms with Crippen LogP contribution in [0.1, 0.15) is 40.0 Å². The Bertz CT molecular complexity index is 251. The van der Waals surface area contributed by atoms with E-state index in [4.69, 9.17) is 5.11 Å². The predicted molar refractivity (Wildman–Crippen MR) is 71.5 cm³/mol. The maximum absolute atomic E-state index is 12.1. The summed E-state index contributed by atoms with van der Waals surface area (Å²) in [6.07, 6.45) is 1.99. The number of nitrogens with zero attached hydrogens (tertiary/aromatic N) is 2. The molecule has 0 unspecified atom stereocenters. The molecular weight excluding hydrogens is 232 g/mol. The summed E-state index contributed by atoms with van der Waals surface area (Å²) in [5.74, 6) is -0.717. The molecule has 1 N–H and O–H groups in total. The van der Waals surface area contributed by atoms with E-state index in [1.54, 1.807) is 0 Å². The van der Waals surface area contributed by atoms with Crippen LogP contribution >= 0.6 is 0 Å². The molecule has 0 saturated carbocycles. The predicted octanol–water partition coefficient (Wildman–Crippen LogP) is 1.43.